The van der Waals surface area contributed by atoms with Crippen LogP contribution in [0.4, 0.5) is 0 Å². The van der Waals surface area contributed by atoms with E-state index in [0.29, 0.717) is 0 Å². The third-order valence-electron chi connectivity index (χ3n) is 5.21. The van der Waals surface area contributed by atoms with Gasteiger partial charge in [0.2, 0.25) is 0 Å². The van der Waals surface area contributed by atoms with Crippen molar-refractivity contribution in [3.05, 3.63) is 125 Å². The average molecular weight is 458 g/mol. The van der Waals surface area contributed by atoms with Crippen LogP contribution < -0.4 is 0 Å². The smallest absolute Gasteiger partial charge is 0.147 e. The number of benzene rings is 3. The van der Waals surface area contributed by atoms with Gasteiger partial charge in [-0.3, -0.25) is 0 Å². The monoisotopic (exact) mass is 457 g/mol. The fraction of sp³-hybridized carbons (Fsp3) is 0.120. The van der Waals surface area contributed by atoms with Gasteiger partial charge in [0.05, 0.1) is 0 Å². The fourth-order valence-electron chi connectivity index (χ4n) is 3.92. The molecule has 1 aliphatic carbocycles. The molecule has 0 unspecified atom stereocenters. The third-order valence-corrected chi connectivity index (χ3v) is 5.69. The van der Waals surface area contributed by atoms with Crippen molar-refractivity contribution in [2.45, 2.75) is 18.9 Å². The van der Waals surface area contributed by atoms with Crippen molar-refractivity contribution >= 4 is 30.4 Å². The molecule has 0 atom stereocenters. The second-order valence-corrected chi connectivity index (χ2v) is 7.20. The van der Waals surface area contributed by atoms with Gasteiger partial charge in [0.15, 0.2) is 0 Å². The van der Waals surface area contributed by atoms with E-state index < -0.39 is 5.60 Å². The quantitative estimate of drug-likeness (QED) is 0.295. The number of halogens is 2. The van der Waals surface area contributed by atoms with Crippen molar-refractivity contribution in [3.63, 3.8) is 0 Å². The fourth-order valence-corrected chi connectivity index (χ4v) is 4.46. The molecule has 0 fully saturated rings. The summed E-state index contributed by atoms with van der Waals surface area (Å²) in [6.07, 6.45) is 5.53. The van der Waals surface area contributed by atoms with E-state index in [1.54, 1.807) is 0 Å². The van der Waals surface area contributed by atoms with Crippen LogP contribution in [0, 0.1) is 0 Å². The van der Waals surface area contributed by atoms with E-state index in [0.717, 1.165) is 17.5 Å². The van der Waals surface area contributed by atoms with Crippen molar-refractivity contribution in [1.82, 2.24) is 0 Å². The zero-order valence-corrected chi connectivity index (χ0v) is 19.4. The predicted molar refractivity (Wildman–Crippen MR) is 121 cm³/mol. The summed E-state index contributed by atoms with van der Waals surface area (Å²) in [7, 11) is 0. The molecule has 0 bridgehead atoms. The van der Waals surface area contributed by atoms with Crippen LogP contribution in [-0.4, -0.2) is 0 Å². The summed E-state index contributed by atoms with van der Waals surface area (Å²) >= 11 is 1.81. The summed E-state index contributed by atoms with van der Waals surface area (Å²) in [5, 5.41) is 0. The minimum absolute atomic E-state index is 0. The zero-order chi connectivity index (χ0) is 18.7. The number of hydrogen-bond donors (Lipinski definition) is 0. The Hall–Kier alpha value is -1.61. The number of hydrogen-bond acceptors (Lipinski definition) is 1. The molecular formula is C25H23Cl2OTi. The van der Waals surface area contributed by atoms with Crippen LogP contribution in [0.2, 0.25) is 0 Å². The summed E-state index contributed by atoms with van der Waals surface area (Å²) in [5.74, 6) is 0. The maximum Gasteiger partial charge on any atom is -0.147 e. The standard InChI is InChI=1S/C25H21O.2ClH.Ti/c1-19-16-17-20(18-19)23-14-8-9-15-24(23)25(26,21-10-4-2-5-11-21)22-12-6-3-7-13-22;;;/h2-16,18H,17H2,1H3;2*1H;/q-1;;;+1. The Labute approximate surface area is 197 Å². The van der Waals surface area contributed by atoms with Crippen LogP contribution in [0.15, 0.2) is 103 Å². The van der Waals surface area contributed by atoms with Crippen LogP contribution in [0.3, 0.4) is 0 Å². The molecule has 0 aromatic heterocycles. The molecule has 1 aliphatic rings. The van der Waals surface area contributed by atoms with Crippen molar-refractivity contribution in [2.75, 3.05) is 0 Å². The average Bonchev–Trinajstić information content (AvgIpc) is 3.17. The molecule has 0 radical (unpaired) electrons. The van der Waals surface area contributed by atoms with Crippen molar-refractivity contribution in [2.24, 2.45) is 0 Å². The number of rotatable bonds is 5. The first kappa shape index (κ1) is 23.7. The third kappa shape index (κ3) is 4.45. The normalized spacial score (nSPS) is 13.0. The molecule has 3 aromatic carbocycles. The molecule has 1 nitrogen and oxygen atoms in total. The second-order valence-electron chi connectivity index (χ2n) is 6.88. The van der Waals surface area contributed by atoms with Gasteiger partial charge in [-0.1, -0.05) is 0 Å². The molecule has 0 spiro atoms. The summed E-state index contributed by atoms with van der Waals surface area (Å²) in [6, 6.07) is 29.7. The van der Waals surface area contributed by atoms with Crippen LogP contribution in [-0.2, 0) is 29.7 Å². The first-order chi connectivity index (χ1) is 13.3. The van der Waals surface area contributed by atoms with E-state index in [1.165, 1.54) is 22.3 Å². The van der Waals surface area contributed by atoms with E-state index in [4.69, 9.17) is 3.32 Å². The summed E-state index contributed by atoms with van der Waals surface area (Å²) in [4.78, 5) is 0. The maximum absolute atomic E-state index is 6.38. The maximum atomic E-state index is 6.38. The molecule has 0 saturated carbocycles. The topological polar surface area (TPSA) is 9.23 Å². The Morgan fingerprint density at radius 1 is 0.759 bits per heavy atom. The second kappa shape index (κ2) is 10.4. The number of allylic oxidation sites excluding steroid dienone is 4. The van der Waals surface area contributed by atoms with E-state index in [1.807, 2.05) is 33.0 Å². The van der Waals surface area contributed by atoms with E-state index in [9.17, 15) is 0 Å². The first-order valence-corrected chi connectivity index (χ1v) is 9.82. The van der Waals surface area contributed by atoms with Gasteiger partial charge < -0.3 is 0 Å². The summed E-state index contributed by atoms with van der Waals surface area (Å²) in [6.45, 7) is 2.16. The molecular weight excluding hydrogens is 435 g/mol. The Balaban J connectivity index is 0.00000150. The van der Waals surface area contributed by atoms with Crippen LogP contribution >= 0.6 is 24.8 Å². The van der Waals surface area contributed by atoms with E-state index in [-0.39, 0.29) is 24.8 Å². The Kier molecular flexibility index (Phi) is 8.51. The molecule has 3 aromatic rings. The largest absolute Gasteiger partial charge is 0.147 e. The van der Waals surface area contributed by atoms with Gasteiger partial charge in [0, 0.05) is 0 Å². The first-order valence-electron chi connectivity index (χ1n) is 9.18. The Bertz CT molecular complexity index is 958. The van der Waals surface area contributed by atoms with Crippen LogP contribution in [0.25, 0.3) is 5.57 Å². The van der Waals surface area contributed by atoms with E-state index >= 15 is 0 Å². The zero-order valence-electron chi connectivity index (χ0n) is 16.2. The molecule has 0 aliphatic heterocycles. The minimum atomic E-state index is -0.656. The van der Waals surface area contributed by atoms with Gasteiger partial charge in [-0.25, -0.2) is 0 Å². The summed E-state index contributed by atoms with van der Waals surface area (Å²) < 4.78 is 6.38. The summed E-state index contributed by atoms with van der Waals surface area (Å²) in [5.41, 5.74) is 6.71. The predicted octanol–water partition coefficient (Wildman–Crippen LogP) is 7.03. The Morgan fingerprint density at radius 2 is 1.28 bits per heavy atom. The van der Waals surface area contributed by atoms with E-state index in [2.05, 4.69) is 91.9 Å². The van der Waals surface area contributed by atoms with Gasteiger partial charge in [0.25, 0.3) is 0 Å². The van der Waals surface area contributed by atoms with Crippen molar-refractivity contribution < 1.29 is 24.1 Å². The van der Waals surface area contributed by atoms with Gasteiger partial charge in [-0.05, 0) is 0 Å². The molecule has 0 heterocycles. The minimum Gasteiger partial charge on any atom is -0.147 e. The van der Waals surface area contributed by atoms with Gasteiger partial charge >= 0.3 is 174 Å². The Morgan fingerprint density at radius 3 is 1.76 bits per heavy atom. The van der Waals surface area contributed by atoms with Gasteiger partial charge in [0.1, 0.15) is 0 Å². The molecule has 147 valence electrons. The molecule has 0 saturated heterocycles. The van der Waals surface area contributed by atoms with Gasteiger partial charge in [-0.15, -0.1) is 24.8 Å². The molecule has 0 N–H and O–H groups in total. The SMILES string of the molecule is CC1=CCC(c2ccccc2C([O][Ti])(c2ccccc2)c2ccccc2)=C1.Cl.Cl. The van der Waals surface area contributed by atoms with Crippen molar-refractivity contribution in [1.29, 1.82) is 0 Å². The van der Waals surface area contributed by atoms with Gasteiger partial charge in [-0.2, -0.15) is 0 Å². The van der Waals surface area contributed by atoms with Crippen LogP contribution in [0.1, 0.15) is 35.6 Å². The van der Waals surface area contributed by atoms with Crippen LogP contribution in [0.5, 0.6) is 0 Å². The molecule has 29 heavy (non-hydrogen) atoms. The molecule has 0 amide bonds. The van der Waals surface area contributed by atoms with Crippen molar-refractivity contribution in [3.8, 4) is 0 Å². The molecule has 4 rings (SSSR count). The molecule has 4 heteroatoms.